The number of amides is 2. The number of thiophene rings is 1. The fraction of sp³-hybridized carbons (Fsp3) is 0.462. The Hall–Kier alpha value is -2.60. The zero-order valence-electron chi connectivity index (χ0n) is 18.9. The maximum Gasteiger partial charge on any atom is 0.271 e. The van der Waals surface area contributed by atoms with E-state index in [1.165, 1.54) is 11.3 Å². The number of carbonyl (C=O) groups is 2. The maximum absolute atomic E-state index is 13.8. The fourth-order valence-electron chi connectivity index (χ4n) is 5.16. The van der Waals surface area contributed by atoms with Gasteiger partial charge in [0.2, 0.25) is 5.91 Å². The molecule has 5 nitrogen and oxygen atoms in total. The molecule has 32 heavy (non-hydrogen) atoms. The zero-order valence-corrected chi connectivity index (χ0v) is 19.7. The van der Waals surface area contributed by atoms with E-state index in [2.05, 4.69) is 22.9 Å². The second kappa shape index (κ2) is 8.39. The molecule has 2 aliphatic rings. The lowest BCUT2D eigenvalue weighted by Crippen LogP contribution is -2.64. The van der Waals surface area contributed by atoms with Crippen LogP contribution in [0, 0.1) is 0 Å². The van der Waals surface area contributed by atoms with Crippen molar-refractivity contribution in [3.8, 4) is 0 Å². The van der Waals surface area contributed by atoms with Crippen molar-refractivity contribution < 1.29 is 9.59 Å². The quantitative estimate of drug-likeness (QED) is 0.587. The van der Waals surface area contributed by atoms with Gasteiger partial charge in [0.1, 0.15) is 11.2 Å². The molecule has 1 saturated carbocycles. The minimum atomic E-state index is -0.947. The van der Waals surface area contributed by atoms with E-state index in [0.29, 0.717) is 18.8 Å². The number of fused-ring (bicyclic) bond motifs is 3. The number of nitrogens with one attached hydrogen (secondary N) is 1. The Bertz CT molecular complexity index is 1140. The van der Waals surface area contributed by atoms with Crippen LogP contribution in [-0.4, -0.2) is 32.9 Å². The number of benzene rings is 1. The Morgan fingerprint density at radius 1 is 1.16 bits per heavy atom. The Labute approximate surface area is 193 Å². The first-order chi connectivity index (χ1) is 15.5. The first-order valence-corrected chi connectivity index (χ1v) is 12.6. The Balaban J connectivity index is 1.54. The molecule has 1 atom stereocenters. The molecule has 1 aromatic carbocycles. The molecule has 1 fully saturated rings. The SMILES string of the molecule is CCc1cc2c(cc3n2CC(C)(C(=O)NC2CCCCC2)N(Cc2ccccc2)C3=O)s1. The van der Waals surface area contributed by atoms with Crippen LogP contribution in [0.3, 0.4) is 0 Å². The van der Waals surface area contributed by atoms with Gasteiger partial charge in [-0.1, -0.05) is 56.5 Å². The summed E-state index contributed by atoms with van der Waals surface area (Å²) in [6.45, 7) is 4.99. The highest BCUT2D eigenvalue weighted by Gasteiger charge is 2.48. The Morgan fingerprint density at radius 3 is 2.62 bits per heavy atom. The molecule has 5 rings (SSSR count). The number of aryl methyl sites for hydroxylation is 1. The van der Waals surface area contributed by atoms with Gasteiger partial charge in [-0.05, 0) is 43.9 Å². The predicted octanol–water partition coefficient (Wildman–Crippen LogP) is 5.13. The summed E-state index contributed by atoms with van der Waals surface area (Å²) in [4.78, 5) is 30.6. The predicted molar refractivity (Wildman–Crippen MR) is 129 cm³/mol. The van der Waals surface area contributed by atoms with Crippen LogP contribution in [0.25, 0.3) is 10.2 Å². The number of aromatic nitrogens is 1. The minimum Gasteiger partial charge on any atom is -0.351 e. The van der Waals surface area contributed by atoms with E-state index in [1.807, 2.05) is 43.3 Å². The molecular formula is C26H31N3O2S. The number of hydrogen-bond acceptors (Lipinski definition) is 3. The van der Waals surface area contributed by atoms with Crippen molar-refractivity contribution in [2.75, 3.05) is 0 Å². The average molecular weight is 450 g/mol. The molecule has 0 spiro atoms. The highest BCUT2D eigenvalue weighted by atomic mass is 32.1. The molecule has 2 amide bonds. The summed E-state index contributed by atoms with van der Waals surface area (Å²) in [6, 6.07) is 14.4. The third kappa shape index (κ3) is 3.64. The van der Waals surface area contributed by atoms with Crippen molar-refractivity contribution in [2.45, 2.75) is 77.0 Å². The molecule has 0 saturated heterocycles. The largest absolute Gasteiger partial charge is 0.351 e. The van der Waals surface area contributed by atoms with E-state index in [-0.39, 0.29) is 17.9 Å². The molecule has 0 radical (unpaired) electrons. The molecule has 168 valence electrons. The summed E-state index contributed by atoms with van der Waals surface area (Å²) in [5.41, 5.74) is 1.85. The van der Waals surface area contributed by atoms with E-state index in [0.717, 1.165) is 47.9 Å². The van der Waals surface area contributed by atoms with Crippen LogP contribution in [-0.2, 0) is 24.3 Å². The second-order valence-corrected chi connectivity index (χ2v) is 10.6. The van der Waals surface area contributed by atoms with Crippen molar-refractivity contribution in [1.29, 1.82) is 0 Å². The Kier molecular flexibility index (Phi) is 5.58. The van der Waals surface area contributed by atoms with Gasteiger partial charge in [-0.15, -0.1) is 11.3 Å². The van der Waals surface area contributed by atoms with Gasteiger partial charge in [-0.2, -0.15) is 0 Å². The molecule has 1 aliphatic heterocycles. The van der Waals surface area contributed by atoms with E-state index < -0.39 is 5.54 Å². The van der Waals surface area contributed by atoms with Gasteiger partial charge in [-0.25, -0.2) is 0 Å². The number of hydrogen-bond donors (Lipinski definition) is 1. The van der Waals surface area contributed by atoms with Crippen LogP contribution in [0.5, 0.6) is 0 Å². The second-order valence-electron chi connectivity index (χ2n) is 9.39. The van der Waals surface area contributed by atoms with Gasteiger partial charge in [0.15, 0.2) is 0 Å². The molecule has 0 bridgehead atoms. The van der Waals surface area contributed by atoms with Gasteiger partial charge in [0.05, 0.1) is 16.8 Å². The lowest BCUT2D eigenvalue weighted by atomic mass is 9.91. The monoisotopic (exact) mass is 449 g/mol. The fourth-order valence-corrected chi connectivity index (χ4v) is 6.21. The van der Waals surface area contributed by atoms with Crippen LogP contribution >= 0.6 is 11.3 Å². The topological polar surface area (TPSA) is 54.3 Å². The molecule has 3 aromatic rings. The van der Waals surface area contributed by atoms with Crippen molar-refractivity contribution in [2.24, 2.45) is 0 Å². The molecule has 1 N–H and O–H groups in total. The van der Waals surface area contributed by atoms with E-state index in [9.17, 15) is 9.59 Å². The molecule has 6 heteroatoms. The smallest absolute Gasteiger partial charge is 0.271 e. The number of rotatable bonds is 5. The van der Waals surface area contributed by atoms with Crippen LogP contribution in [0.15, 0.2) is 42.5 Å². The van der Waals surface area contributed by atoms with Gasteiger partial charge in [0.25, 0.3) is 5.91 Å². The maximum atomic E-state index is 13.8. The van der Waals surface area contributed by atoms with Crippen LogP contribution in [0.4, 0.5) is 0 Å². The van der Waals surface area contributed by atoms with Gasteiger partial charge >= 0.3 is 0 Å². The highest BCUT2D eigenvalue weighted by Crippen LogP contribution is 2.37. The van der Waals surface area contributed by atoms with Gasteiger partial charge in [-0.3, -0.25) is 9.59 Å². The summed E-state index contributed by atoms with van der Waals surface area (Å²) < 4.78 is 3.21. The third-order valence-electron chi connectivity index (χ3n) is 7.13. The van der Waals surface area contributed by atoms with Crippen LogP contribution in [0.1, 0.15) is 66.9 Å². The summed E-state index contributed by atoms with van der Waals surface area (Å²) in [5.74, 6) is -0.102. The molecule has 3 heterocycles. The van der Waals surface area contributed by atoms with Crippen LogP contribution in [0.2, 0.25) is 0 Å². The standard InChI is InChI=1S/C26H31N3O2S/c1-3-20-14-21-23(32-20)15-22-24(30)29(16-18-10-6-4-7-11-18)26(2,17-28(21)22)25(31)27-19-12-8-5-9-13-19/h4,6-7,10-11,14-15,19H,3,5,8-9,12-13,16-17H2,1-2H3,(H,27,31). The first-order valence-electron chi connectivity index (χ1n) is 11.8. The molecule has 1 aliphatic carbocycles. The minimum absolute atomic E-state index is 0.0351. The van der Waals surface area contributed by atoms with Crippen LogP contribution < -0.4 is 5.32 Å². The number of nitrogens with zero attached hydrogens (tertiary/aromatic N) is 2. The van der Waals surface area contributed by atoms with Crippen molar-refractivity contribution in [1.82, 2.24) is 14.8 Å². The number of carbonyl (C=O) groups excluding carboxylic acids is 2. The third-order valence-corrected chi connectivity index (χ3v) is 8.34. The zero-order chi connectivity index (χ0) is 22.3. The average Bonchev–Trinajstić information content (AvgIpc) is 3.36. The molecule has 1 unspecified atom stereocenters. The first kappa shape index (κ1) is 21.3. The van der Waals surface area contributed by atoms with Crippen molar-refractivity contribution >= 4 is 33.4 Å². The van der Waals surface area contributed by atoms with Crippen molar-refractivity contribution in [3.05, 3.63) is 58.6 Å². The highest BCUT2D eigenvalue weighted by molar-refractivity contribution is 7.19. The van der Waals surface area contributed by atoms with E-state index in [4.69, 9.17) is 0 Å². The molecule has 2 aromatic heterocycles. The van der Waals surface area contributed by atoms with Gasteiger partial charge < -0.3 is 14.8 Å². The summed E-state index contributed by atoms with van der Waals surface area (Å²) in [6.07, 6.45) is 6.58. The van der Waals surface area contributed by atoms with Crippen molar-refractivity contribution in [3.63, 3.8) is 0 Å². The van der Waals surface area contributed by atoms with E-state index >= 15 is 0 Å². The lowest BCUT2D eigenvalue weighted by Gasteiger charge is -2.45. The van der Waals surface area contributed by atoms with E-state index in [1.54, 1.807) is 16.2 Å². The normalized spacial score (nSPS) is 21.7. The summed E-state index contributed by atoms with van der Waals surface area (Å²) in [7, 11) is 0. The summed E-state index contributed by atoms with van der Waals surface area (Å²) >= 11 is 1.74. The molecular weight excluding hydrogens is 418 g/mol. The van der Waals surface area contributed by atoms with Gasteiger partial charge in [0, 0.05) is 17.5 Å². The Morgan fingerprint density at radius 2 is 1.91 bits per heavy atom. The lowest BCUT2D eigenvalue weighted by molar-refractivity contribution is -0.134. The summed E-state index contributed by atoms with van der Waals surface area (Å²) in [5, 5.41) is 3.31.